The summed E-state index contributed by atoms with van der Waals surface area (Å²) in [5.41, 5.74) is 0.736. The summed E-state index contributed by atoms with van der Waals surface area (Å²) in [5, 5.41) is 24.8. The molecule has 1 aromatic carbocycles. The van der Waals surface area contributed by atoms with Crippen LogP contribution in [-0.2, 0) is 6.54 Å². The fraction of sp³-hybridized carbons (Fsp3) is 0.278. The number of rotatable bonds is 9. The molecule has 0 aliphatic heterocycles. The molecule has 28 heavy (non-hydrogen) atoms. The lowest BCUT2D eigenvalue weighted by molar-refractivity contribution is -0.384. The van der Waals surface area contributed by atoms with Crippen molar-refractivity contribution in [2.24, 2.45) is 0 Å². The Morgan fingerprint density at radius 3 is 2.71 bits per heavy atom. The number of hydrogen-bond acceptors (Lipinski definition) is 7. The molecule has 0 radical (unpaired) electrons. The molecule has 2 aromatic heterocycles. The molecule has 0 fully saturated rings. The predicted octanol–water partition coefficient (Wildman–Crippen LogP) is 4.06. The number of non-ortho nitro benzene ring substituents is 1. The largest absolute Gasteiger partial charge is 0.344 e. The van der Waals surface area contributed by atoms with Crippen LogP contribution in [-0.4, -0.2) is 31.3 Å². The number of thiophene rings is 1. The first-order valence-electron chi connectivity index (χ1n) is 8.73. The maximum absolute atomic E-state index is 12.2. The van der Waals surface area contributed by atoms with E-state index in [9.17, 15) is 14.9 Å². The molecule has 1 amide bonds. The minimum Gasteiger partial charge on any atom is -0.344 e. The van der Waals surface area contributed by atoms with Crippen LogP contribution in [0.5, 0.6) is 0 Å². The van der Waals surface area contributed by atoms with Crippen molar-refractivity contribution >= 4 is 34.7 Å². The molecule has 10 heteroatoms. The number of carbonyl (C=O) groups excluding carboxylic acids is 1. The lowest BCUT2D eigenvalue weighted by Gasteiger charge is -2.10. The van der Waals surface area contributed by atoms with Gasteiger partial charge < -0.3 is 5.32 Å². The lowest BCUT2D eigenvalue weighted by atomic mass is 10.3. The topological polar surface area (TPSA) is 103 Å². The van der Waals surface area contributed by atoms with E-state index in [4.69, 9.17) is 0 Å². The second kappa shape index (κ2) is 9.47. The third-order valence-electron chi connectivity index (χ3n) is 3.90. The molecule has 146 valence electrons. The van der Waals surface area contributed by atoms with Crippen molar-refractivity contribution in [3.63, 3.8) is 0 Å². The van der Waals surface area contributed by atoms with Crippen LogP contribution in [0.3, 0.4) is 0 Å². The van der Waals surface area contributed by atoms with Gasteiger partial charge in [0.15, 0.2) is 11.0 Å². The molecule has 0 saturated heterocycles. The Kier molecular flexibility index (Phi) is 6.77. The first-order valence-corrected chi connectivity index (χ1v) is 10.6. The van der Waals surface area contributed by atoms with Crippen molar-refractivity contribution < 1.29 is 9.72 Å². The van der Waals surface area contributed by atoms with Gasteiger partial charge in [0.2, 0.25) is 0 Å². The highest BCUT2D eigenvalue weighted by atomic mass is 32.2. The smallest absolute Gasteiger partial charge is 0.269 e. The van der Waals surface area contributed by atoms with Gasteiger partial charge in [-0.2, -0.15) is 0 Å². The molecule has 0 bridgehead atoms. The van der Waals surface area contributed by atoms with Gasteiger partial charge in [-0.05, 0) is 30.0 Å². The number of nitrogens with zero attached hydrogens (tertiary/aromatic N) is 4. The normalized spacial score (nSPS) is 10.8. The highest BCUT2D eigenvalue weighted by molar-refractivity contribution is 7.99. The maximum Gasteiger partial charge on any atom is 0.269 e. The molecule has 0 atom stereocenters. The van der Waals surface area contributed by atoms with Crippen molar-refractivity contribution in [1.82, 2.24) is 20.1 Å². The number of aromatic nitrogens is 3. The molecule has 0 unspecified atom stereocenters. The van der Waals surface area contributed by atoms with E-state index in [1.54, 1.807) is 30.0 Å². The summed E-state index contributed by atoms with van der Waals surface area (Å²) in [6, 6.07) is 9.80. The van der Waals surface area contributed by atoms with Gasteiger partial charge in [0.25, 0.3) is 11.6 Å². The van der Waals surface area contributed by atoms with Gasteiger partial charge in [-0.3, -0.25) is 19.5 Å². The molecule has 0 aliphatic rings. The van der Waals surface area contributed by atoms with Crippen LogP contribution in [0.15, 0.2) is 46.9 Å². The van der Waals surface area contributed by atoms with E-state index in [2.05, 4.69) is 22.4 Å². The number of unbranched alkanes of at least 4 members (excludes halogenated alkanes) is 1. The Morgan fingerprint density at radius 1 is 1.29 bits per heavy atom. The van der Waals surface area contributed by atoms with Gasteiger partial charge in [0.05, 0.1) is 16.3 Å². The standard InChI is InChI=1S/C18H19N5O3S2/c1-2-3-10-28-18-21-20-16(12-19-17(24)15-5-4-11-27-15)22(18)13-6-8-14(9-7-13)23(25)26/h4-9,11H,2-3,10,12H2,1H3,(H,19,24). The highest BCUT2D eigenvalue weighted by Gasteiger charge is 2.17. The van der Waals surface area contributed by atoms with Crippen LogP contribution in [0, 0.1) is 10.1 Å². The van der Waals surface area contributed by atoms with E-state index in [0.717, 1.165) is 24.3 Å². The first-order chi connectivity index (χ1) is 13.6. The molecular weight excluding hydrogens is 398 g/mol. The second-order valence-electron chi connectivity index (χ2n) is 5.87. The number of nitro benzene ring substituents is 1. The van der Waals surface area contributed by atoms with Crippen molar-refractivity contribution in [2.45, 2.75) is 31.5 Å². The van der Waals surface area contributed by atoms with E-state index >= 15 is 0 Å². The third-order valence-corrected chi connectivity index (χ3v) is 5.78. The summed E-state index contributed by atoms with van der Waals surface area (Å²) in [7, 11) is 0. The monoisotopic (exact) mass is 417 g/mol. The Hall–Kier alpha value is -2.72. The number of amides is 1. The number of hydrogen-bond donors (Lipinski definition) is 1. The lowest BCUT2D eigenvalue weighted by Crippen LogP contribution is -2.23. The fourth-order valence-electron chi connectivity index (χ4n) is 2.45. The third kappa shape index (κ3) is 4.76. The molecule has 3 aromatic rings. The van der Waals surface area contributed by atoms with E-state index in [0.29, 0.717) is 15.9 Å². The summed E-state index contributed by atoms with van der Waals surface area (Å²) >= 11 is 2.94. The minimum atomic E-state index is -0.436. The highest BCUT2D eigenvalue weighted by Crippen LogP contribution is 2.24. The van der Waals surface area contributed by atoms with E-state index in [1.807, 2.05) is 16.0 Å². The average Bonchev–Trinajstić information content (AvgIpc) is 3.37. The number of carbonyl (C=O) groups is 1. The zero-order chi connectivity index (χ0) is 19.9. The number of nitro groups is 1. The summed E-state index contributed by atoms with van der Waals surface area (Å²) in [5.74, 6) is 1.29. The molecule has 2 heterocycles. The summed E-state index contributed by atoms with van der Waals surface area (Å²) in [6.07, 6.45) is 2.12. The quantitative estimate of drug-likeness (QED) is 0.244. The van der Waals surface area contributed by atoms with Crippen LogP contribution in [0.2, 0.25) is 0 Å². The zero-order valence-electron chi connectivity index (χ0n) is 15.2. The summed E-state index contributed by atoms with van der Waals surface area (Å²) in [6.45, 7) is 2.32. The van der Waals surface area contributed by atoms with Gasteiger partial charge in [-0.1, -0.05) is 31.2 Å². The van der Waals surface area contributed by atoms with Gasteiger partial charge in [0, 0.05) is 23.6 Å². The van der Waals surface area contributed by atoms with Gasteiger partial charge in [-0.15, -0.1) is 21.5 Å². The van der Waals surface area contributed by atoms with Crippen LogP contribution < -0.4 is 5.32 Å². The van der Waals surface area contributed by atoms with Crippen LogP contribution in [0.1, 0.15) is 35.3 Å². The second-order valence-corrected chi connectivity index (χ2v) is 7.88. The van der Waals surface area contributed by atoms with Gasteiger partial charge >= 0.3 is 0 Å². The zero-order valence-corrected chi connectivity index (χ0v) is 16.8. The maximum atomic E-state index is 12.2. The van der Waals surface area contributed by atoms with Crippen LogP contribution in [0.25, 0.3) is 5.69 Å². The number of thioether (sulfide) groups is 1. The van der Waals surface area contributed by atoms with Crippen molar-refractivity contribution in [1.29, 1.82) is 0 Å². The van der Waals surface area contributed by atoms with Gasteiger partial charge in [-0.25, -0.2) is 0 Å². The molecule has 0 spiro atoms. The Balaban J connectivity index is 1.84. The van der Waals surface area contributed by atoms with E-state index in [-0.39, 0.29) is 18.1 Å². The predicted molar refractivity (Wildman–Crippen MR) is 109 cm³/mol. The minimum absolute atomic E-state index is 0.0181. The molecule has 1 N–H and O–H groups in total. The Morgan fingerprint density at radius 2 is 2.07 bits per heavy atom. The van der Waals surface area contributed by atoms with Crippen molar-refractivity contribution in [2.75, 3.05) is 5.75 Å². The molecule has 8 nitrogen and oxygen atoms in total. The Labute approximate surface area is 170 Å². The average molecular weight is 418 g/mol. The van der Waals surface area contributed by atoms with E-state index < -0.39 is 4.92 Å². The van der Waals surface area contributed by atoms with Crippen molar-refractivity contribution in [3.05, 3.63) is 62.6 Å². The van der Waals surface area contributed by atoms with Gasteiger partial charge in [0.1, 0.15) is 0 Å². The summed E-state index contributed by atoms with van der Waals surface area (Å²) in [4.78, 5) is 23.3. The summed E-state index contributed by atoms with van der Waals surface area (Å²) < 4.78 is 1.83. The molecule has 3 rings (SSSR count). The molecule has 0 saturated carbocycles. The first kappa shape index (κ1) is 20.0. The molecular formula is C18H19N5O3S2. The SMILES string of the molecule is CCCCSc1nnc(CNC(=O)c2cccs2)n1-c1ccc([N+](=O)[O-])cc1. The van der Waals surface area contributed by atoms with E-state index in [1.165, 1.54) is 23.5 Å². The fourth-order valence-corrected chi connectivity index (χ4v) is 4.15. The van der Waals surface area contributed by atoms with Crippen LogP contribution in [0.4, 0.5) is 5.69 Å². The van der Waals surface area contributed by atoms with Crippen molar-refractivity contribution in [3.8, 4) is 5.69 Å². The number of benzene rings is 1. The van der Waals surface area contributed by atoms with Crippen LogP contribution >= 0.6 is 23.1 Å². The number of nitrogens with one attached hydrogen (secondary N) is 1. The molecule has 0 aliphatic carbocycles. The Bertz CT molecular complexity index is 939.